The van der Waals surface area contributed by atoms with Crippen molar-refractivity contribution in [3.63, 3.8) is 0 Å². The quantitative estimate of drug-likeness (QED) is 0.942. The summed E-state index contributed by atoms with van der Waals surface area (Å²) in [7, 11) is -1.52. The third-order valence-electron chi connectivity index (χ3n) is 2.49. The van der Waals surface area contributed by atoms with Gasteiger partial charge >= 0.3 is 0 Å². The van der Waals surface area contributed by atoms with Crippen molar-refractivity contribution in [2.24, 2.45) is 0 Å². The van der Waals surface area contributed by atoms with Gasteiger partial charge < -0.3 is 5.32 Å². The van der Waals surface area contributed by atoms with Gasteiger partial charge in [-0.3, -0.25) is 9.00 Å². The van der Waals surface area contributed by atoms with Crippen molar-refractivity contribution in [2.75, 3.05) is 11.1 Å². The largest absolute Gasteiger partial charge is 0.324 e. The molecule has 0 unspecified atom stereocenters. The van der Waals surface area contributed by atoms with Crippen LogP contribution in [-0.2, 0) is 15.6 Å². The van der Waals surface area contributed by atoms with Gasteiger partial charge in [-0.2, -0.15) is 0 Å². The minimum atomic E-state index is -1.52. The van der Waals surface area contributed by atoms with Gasteiger partial charge in [0.2, 0.25) is 5.91 Å². The van der Waals surface area contributed by atoms with Crippen LogP contribution >= 0.6 is 11.6 Å². The van der Waals surface area contributed by atoms with Gasteiger partial charge in [0.25, 0.3) is 0 Å². The van der Waals surface area contributed by atoms with Crippen molar-refractivity contribution in [1.29, 1.82) is 0 Å². The molecule has 0 saturated heterocycles. The van der Waals surface area contributed by atoms with Gasteiger partial charge in [-0.25, -0.2) is 4.39 Å². The fraction of sp³-hybridized carbons (Fsp3) is 0.0714. The molecule has 20 heavy (non-hydrogen) atoms. The van der Waals surface area contributed by atoms with Crippen molar-refractivity contribution in [3.05, 3.63) is 59.4 Å². The van der Waals surface area contributed by atoms with E-state index in [1.165, 1.54) is 24.3 Å². The van der Waals surface area contributed by atoms with Crippen LogP contribution in [-0.4, -0.2) is 15.9 Å². The Morgan fingerprint density at radius 3 is 2.45 bits per heavy atom. The lowest BCUT2D eigenvalue weighted by Gasteiger charge is -2.07. The molecule has 0 aliphatic rings. The zero-order valence-electron chi connectivity index (χ0n) is 10.3. The predicted octanol–water partition coefficient (Wildman–Crippen LogP) is 3.23. The molecular formula is C14H11ClFNO2S. The fourth-order valence-corrected chi connectivity index (χ4v) is 2.64. The number of amides is 1. The summed E-state index contributed by atoms with van der Waals surface area (Å²) in [6.07, 6.45) is 0. The number of hydrogen-bond donors (Lipinski definition) is 1. The van der Waals surface area contributed by atoms with E-state index in [0.717, 1.165) is 0 Å². The highest BCUT2D eigenvalue weighted by Gasteiger charge is 2.11. The number of halogens is 2. The van der Waals surface area contributed by atoms with Gasteiger partial charge in [-0.1, -0.05) is 23.7 Å². The molecule has 0 aliphatic heterocycles. The summed E-state index contributed by atoms with van der Waals surface area (Å²) in [6, 6.07) is 12.0. The van der Waals surface area contributed by atoms with Crippen molar-refractivity contribution < 1.29 is 13.4 Å². The van der Waals surface area contributed by atoms with E-state index < -0.39 is 22.5 Å². The third kappa shape index (κ3) is 3.88. The normalized spacial score (nSPS) is 11.9. The minimum absolute atomic E-state index is 0.211. The number of carbonyl (C=O) groups is 1. The number of nitrogens with one attached hydrogen (secondary N) is 1. The molecule has 2 rings (SSSR count). The molecule has 0 aliphatic carbocycles. The van der Waals surface area contributed by atoms with Crippen LogP contribution in [0, 0.1) is 5.82 Å². The van der Waals surface area contributed by atoms with Gasteiger partial charge in [0.1, 0.15) is 11.6 Å². The lowest BCUT2D eigenvalue weighted by atomic mass is 10.3. The number of hydrogen-bond acceptors (Lipinski definition) is 2. The molecule has 0 fully saturated rings. The summed E-state index contributed by atoms with van der Waals surface area (Å²) >= 11 is 5.91. The highest BCUT2D eigenvalue weighted by Crippen LogP contribution is 2.20. The lowest BCUT2D eigenvalue weighted by molar-refractivity contribution is -0.113. The molecule has 0 heterocycles. The van der Waals surface area contributed by atoms with Crippen molar-refractivity contribution in [1.82, 2.24) is 0 Å². The fourth-order valence-electron chi connectivity index (χ4n) is 1.54. The van der Waals surface area contributed by atoms with Gasteiger partial charge in [0.05, 0.1) is 21.5 Å². The van der Waals surface area contributed by atoms with Gasteiger partial charge in [0, 0.05) is 4.90 Å². The zero-order chi connectivity index (χ0) is 14.5. The maximum absolute atomic E-state index is 12.8. The molecule has 0 aromatic heterocycles. The summed E-state index contributed by atoms with van der Waals surface area (Å²) in [5, 5.41) is 2.99. The number of benzene rings is 2. The van der Waals surface area contributed by atoms with E-state index in [0.29, 0.717) is 15.6 Å². The number of para-hydroxylation sites is 1. The third-order valence-corrected chi connectivity index (χ3v) is 4.14. The van der Waals surface area contributed by atoms with Crippen LogP contribution in [0.15, 0.2) is 53.4 Å². The molecule has 1 N–H and O–H groups in total. The second-order valence-corrected chi connectivity index (χ2v) is 5.83. The Labute approximate surface area is 123 Å². The maximum Gasteiger partial charge on any atom is 0.237 e. The van der Waals surface area contributed by atoms with Crippen molar-refractivity contribution in [2.45, 2.75) is 4.90 Å². The molecule has 1 atom stereocenters. The summed E-state index contributed by atoms with van der Waals surface area (Å²) in [5.41, 5.74) is 0.468. The van der Waals surface area contributed by atoms with Crippen LogP contribution in [0.1, 0.15) is 0 Å². The summed E-state index contributed by atoms with van der Waals surface area (Å²) < 4.78 is 24.7. The molecular weight excluding hydrogens is 301 g/mol. The maximum atomic E-state index is 12.8. The molecule has 0 spiro atoms. The standard InChI is InChI=1S/C14H11ClFNO2S/c15-12-3-1-2-4-13(12)17-14(18)9-20(19)11-7-5-10(16)6-8-11/h1-8H,9H2,(H,17,18)/t20-/m0/s1. The van der Waals surface area contributed by atoms with Gasteiger partial charge in [-0.05, 0) is 36.4 Å². The molecule has 2 aromatic rings. The van der Waals surface area contributed by atoms with Crippen molar-refractivity contribution >= 4 is 34.0 Å². The average molecular weight is 312 g/mol. The Morgan fingerprint density at radius 1 is 1.15 bits per heavy atom. The molecule has 6 heteroatoms. The average Bonchev–Trinajstić information content (AvgIpc) is 2.42. The van der Waals surface area contributed by atoms with Crippen LogP contribution in [0.25, 0.3) is 0 Å². The Kier molecular flexibility index (Phi) is 4.87. The molecule has 0 bridgehead atoms. The molecule has 1 amide bonds. The van der Waals surface area contributed by atoms with Crippen molar-refractivity contribution in [3.8, 4) is 0 Å². The van der Waals surface area contributed by atoms with E-state index in [1.807, 2.05) is 0 Å². The highest BCUT2D eigenvalue weighted by atomic mass is 35.5. The Bertz CT molecular complexity index is 646. The van der Waals surface area contributed by atoms with E-state index in [9.17, 15) is 13.4 Å². The van der Waals surface area contributed by atoms with Crippen LogP contribution in [0.4, 0.5) is 10.1 Å². The Morgan fingerprint density at radius 2 is 1.80 bits per heavy atom. The van der Waals surface area contributed by atoms with E-state index in [4.69, 9.17) is 11.6 Å². The SMILES string of the molecule is O=C(C[S@](=O)c1ccc(F)cc1)Nc1ccccc1Cl. The number of carbonyl (C=O) groups excluding carboxylic acids is 1. The summed E-state index contributed by atoms with van der Waals surface area (Å²) in [6.45, 7) is 0. The van der Waals surface area contributed by atoms with Crippen LogP contribution < -0.4 is 5.32 Å². The predicted molar refractivity (Wildman–Crippen MR) is 77.8 cm³/mol. The Hall–Kier alpha value is -1.72. The first-order valence-corrected chi connectivity index (χ1v) is 7.44. The summed E-state index contributed by atoms with van der Waals surface area (Å²) in [4.78, 5) is 12.2. The first kappa shape index (κ1) is 14.7. The number of anilines is 1. The van der Waals surface area contributed by atoms with Gasteiger partial charge in [0.15, 0.2) is 0 Å². The van der Waals surface area contributed by atoms with Gasteiger partial charge in [-0.15, -0.1) is 0 Å². The second kappa shape index (κ2) is 6.63. The molecule has 0 radical (unpaired) electrons. The van der Waals surface area contributed by atoms with Crippen LogP contribution in [0.2, 0.25) is 5.02 Å². The van der Waals surface area contributed by atoms with E-state index in [2.05, 4.69) is 5.32 Å². The van der Waals surface area contributed by atoms with Crippen LogP contribution in [0.5, 0.6) is 0 Å². The molecule has 2 aromatic carbocycles. The monoisotopic (exact) mass is 311 g/mol. The molecule has 3 nitrogen and oxygen atoms in total. The topological polar surface area (TPSA) is 46.2 Å². The Balaban J connectivity index is 2.00. The van der Waals surface area contributed by atoms with Crippen LogP contribution in [0.3, 0.4) is 0 Å². The summed E-state index contributed by atoms with van der Waals surface area (Å²) in [5.74, 6) is -1.04. The zero-order valence-corrected chi connectivity index (χ0v) is 11.9. The van der Waals surface area contributed by atoms with E-state index in [-0.39, 0.29) is 5.75 Å². The van der Waals surface area contributed by atoms with E-state index in [1.54, 1.807) is 24.3 Å². The highest BCUT2D eigenvalue weighted by molar-refractivity contribution is 7.85. The molecule has 0 saturated carbocycles. The molecule has 104 valence electrons. The first-order valence-electron chi connectivity index (χ1n) is 5.74. The minimum Gasteiger partial charge on any atom is -0.324 e. The second-order valence-electron chi connectivity index (χ2n) is 3.97. The number of rotatable bonds is 4. The van der Waals surface area contributed by atoms with E-state index >= 15 is 0 Å². The lowest BCUT2D eigenvalue weighted by Crippen LogP contribution is -2.19. The first-order chi connectivity index (χ1) is 9.56. The smallest absolute Gasteiger partial charge is 0.237 e.